The number of aryl methyl sites for hydroxylation is 1. The van der Waals surface area contributed by atoms with Crippen LogP contribution in [0, 0.1) is 6.92 Å². The highest BCUT2D eigenvalue weighted by atomic mass is 16.5. The number of phenolic OH excluding ortho intramolecular Hbond substituents is 1. The van der Waals surface area contributed by atoms with E-state index in [1.165, 1.54) is 0 Å². The van der Waals surface area contributed by atoms with E-state index in [0.717, 1.165) is 23.2 Å². The van der Waals surface area contributed by atoms with E-state index in [-0.39, 0.29) is 18.3 Å². The van der Waals surface area contributed by atoms with Crippen molar-refractivity contribution in [1.82, 2.24) is 14.8 Å². The van der Waals surface area contributed by atoms with Crippen LogP contribution in [0.2, 0.25) is 0 Å². The van der Waals surface area contributed by atoms with E-state index in [1.807, 2.05) is 25.1 Å². The maximum atomic E-state index is 12.4. The van der Waals surface area contributed by atoms with E-state index in [0.29, 0.717) is 17.4 Å². The van der Waals surface area contributed by atoms with Gasteiger partial charge < -0.3 is 15.2 Å². The second kappa shape index (κ2) is 8.56. The maximum absolute atomic E-state index is 12.4. The first-order chi connectivity index (χ1) is 13.5. The molecule has 3 rings (SSSR count). The molecule has 7 heteroatoms. The number of hydrogen-bond acceptors (Lipinski definition) is 5. The number of anilines is 1. The van der Waals surface area contributed by atoms with Gasteiger partial charge in [-0.05, 0) is 54.7 Å². The zero-order valence-corrected chi connectivity index (χ0v) is 16.2. The summed E-state index contributed by atoms with van der Waals surface area (Å²) in [5.41, 5.74) is 3.24. The molecular weight excluding hydrogens is 356 g/mol. The fourth-order valence-electron chi connectivity index (χ4n) is 2.80. The number of carbonyl (C=O) groups is 1. The van der Waals surface area contributed by atoms with Gasteiger partial charge in [-0.15, -0.1) is 10.2 Å². The molecule has 0 spiro atoms. The third-order valence-electron chi connectivity index (χ3n) is 4.65. The Morgan fingerprint density at radius 2 is 1.96 bits per heavy atom. The van der Waals surface area contributed by atoms with Gasteiger partial charge in [-0.1, -0.05) is 26.0 Å². The number of phenols is 1. The summed E-state index contributed by atoms with van der Waals surface area (Å²) in [6, 6.07) is 10.9. The van der Waals surface area contributed by atoms with Gasteiger partial charge in [0.15, 0.2) is 6.61 Å². The Hall–Kier alpha value is -3.35. The summed E-state index contributed by atoms with van der Waals surface area (Å²) in [6.45, 7) is 5.98. The second-order valence-electron chi connectivity index (χ2n) is 6.76. The highest BCUT2D eigenvalue weighted by molar-refractivity contribution is 5.93. The molecule has 2 aromatic carbocycles. The van der Waals surface area contributed by atoms with Crippen molar-refractivity contribution in [3.8, 4) is 17.2 Å². The van der Waals surface area contributed by atoms with Gasteiger partial charge in [-0.2, -0.15) is 0 Å². The monoisotopic (exact) mass is 380 g/mol. The van der Waals surface area contributed by atoms with Gasteiger partial charge in [0, 0.05) is 0 Å². The molecule has 7 nitrogen and oxygen atoms in total. The van der Waals surface area contributed by atoms with Gasteiger partial charge in [0.05, 0.1) is 11.4 Å². The first kappa shape index (κ1) is 19.4. The average Bonchev–Trinajstić information content (AvgIpc) is 3.22. The standard InChI is InChI=1S/C21H24N4O3/c1-4-15(3)16-6-7-19(26)17(10-16)24-21(27)11-28-20-8-5-14(2)9-18(20)25-12-22-23-13-25/h5-10,12-13,15,26H,4,11H2,1-3H3,(H,24,27)/t15-/m1/s1. The predicted octanol–water partition coefficient (Wildman–Crippen LogP) is 3.81. The fourth-order valence-corrected chi connectivity index (χ4v) is 2.80. The number of hydrogen-bond donors (Lipinski definition) is 2. The topological polar surface area (TPSA) is 89.3 Å². The van der Waals surface area contributed by atoms with Gasteiger partial charge in [-0.25, -0.2) is 0 Å². The molecule has 0 aliphatic rings. The molecule has 0 bridgehead atoms. The molecule has 28 heavy (non-hydrogen) atoms. The van der Waals surface area contributed by atoms with Crippen LogP contribution in [0.4, 0.5) is 5.69 Å². The highest BCUT2D eigenvalue weighted by Gasteiger charge is 2.13. The molecule has 146 valence electrons. The highest BCUT2D eigenvalue weighted by Crippen LogP contribution is 2.29. The smallest absolute Gasteiger partial charge is 0.262 e. The minimum Gasteiger partial charge on any atom is -0.506 e. The van der Waals surface area contributed by atoms with Crippen LogP contribution >= 0.6 is 0 Å². The SMILES string of the molecule is CC[C@@H](C)c1ccc(O)c(NC(=O)COc2ccc(C)cc2-n2cnnc2)c1. The molecule has 1 amide bonds. The minimum absolute atomic E-state index is 0.0286. The van der Waals surface area contributed by atoms with E-state index in [9.17, 15) is 9.90 Å². The van der Waals surface area contributed by atoms with Crippen molar-refractivity contribution in [1.29, 1.82) is 0 Å². The number of amides is 1. The number of nitrogens with zero attached hydrogens (tertiary/aromatic N) is 3. The van der Waals surface area contributed by atoms with Crippen LogP contribution in [0.3, 0.4) is 0 Å². The lowest BCUT2D eigenvalue weighted by Gasteiger charge is -2.14. The van der Waals surface area contributed by atoms with Crippen molar-refractivity contribution in [3.05, 3.63) is 60.2 Å². The normalized spacial score (nSPS) is 11.8. The first-order valence-corrected chi connectivity index (χ1v) is 9.19. The fraction of sp³-hybridized carbons (Fsp3) is 0.286. The van der Waals surface area contributed by atoms with Crippen molar-refractivity contribution in [3.63, 3.8) is 0 Å². The number of nitrogens with one attached hydrogen (secondary N) is 1. The summed E-state index contributed by atoms with van der Waals surface area (Å²) in [5, 5.41) is 20.4. The van der Waals surface area contributed by atoms with Gasteiger partial charge in [0.2, 0.25) is 0 Å². The summed E-state index contributed by atoms with van der Waals surface area (Å²) in [4.78, 5) is 12.4. The molecule has 0 saturated carbocycles. The van der Waals surface area contributed by atoms with Gasteiger partial charge in [0.25, 0.3) is 5.91 Å². The lowest BCUT2D eigenvalue weighted by Crippen LogP contribution is -2.20. The van der Waals surface area contributed by atoms with Crippen molar-refractivity contribution >= 4 is 11.6 Å². The summed E-state index contributed by atoms with van der Waals surface area (Å²) >= 11 is 0. The Morgan fingerprint density at radius 1 is 1.21 bits per heavy atom. The lowest BCUT2D eigenvalue weighted by molar-refractivity contribution is -0.118. The van der Waals surface area contributed by atoms with E-state index < -0.39 is 0 Å². The lowest BCUT2D eigenvalue weighted by atomic mass is 9.98. The largest absolute Gasteiger partial charge is 0.506 e. The molecule has 0 aliphatic heterocycles. The van der Waals surface area contributed by atoms with Gasteiger partial charge in [-0.3, -0.25) is 9.36 Å². The van der Waals surface area contributed by atoms with E-state index >= 15 is 0 Å². The number of aromatic nitrogens is 3. The molecular formula is C21H24N4O3. The average molecular weight is 380 g/mol. The third kappa shape index (κ3) is 4.49. The summed E-state index contributed by atoms with van der Waals surface area (Å²) < 4.78 is 7.44. The zero-order chi connectivity index (χ0) is 20.1. The Labute approximate surface area is 164 Å². The van der Waals surface area contributed by atoms with Crippen LogP contribution in [0.1, 0.15) is 37.3 Å². The molecule has 0 unspecified atom stereocenters. The second-order valence-corrected chi connectivity index (χ2v) is 6.76. The first-order valence-electron chi connectivity index (χ1n) is 9.19. The van der Waals surface area contributed by atoms with E-state index in [1.54, 1.807) is 35.4 Å². The Morgan fingerprint density at radius 3 is 2.68 bits per heavy atom. The Balaban J connectivity index is 1.71. The molecule has 2 N–H and O–H groups in total. The van der Waals surface area contributed by atoms with E-state index in [4.69, 9.17) is 4.74 Å². The molecule has 0 radical (unpaired) electrons. The van der Waals surface area contributed by atoms with Crippen LogP contribution in [0.25, 0.3) is 5.69 Å². The predicted molar refractivity (Wildman–Crippen MR) is 107 cm³/mol. The maximum Gasteiger partial charge on any atom is 0.262 e. The van der Waals surface area contributed by atoms with Crippen LogP contribution in [0.15, 0.2) is 49.1 Å². The molecule has 1 aromatic heterocycles. The summed E-state index contributed by atoms with van der Waals surface area (Å²) in [6.07, 6.45) is 4.11. The zero-order valence-electron chi connectivity index (χ0n) is 16.2. The number of ether oxygens (including phenoxy) is 1. The molecule has 1 atom stereocenters. The van der Waals surface area contributed by atoms with E-state index in [2.05, 4.69) is 29.4 Å². The van der Waals surface area contributed by atoms with Crippen LogP contribution < -0.4 is 10.1 Å². The van der Waals surface area contributed by atoms with Crippen molar-refractivity contribution in [2.24, 2.45) is 0 Å². The Bertz CT molecular complexity index is 954. The number of benzene rings is 2. The molecule has 1 heterocycles. The van der Waals surface area contributed by atoms with Crippen molar-refractivity contribution in [2.75, 3.05) is 11.9 Å². The number of rotatable bonds is 7. The summed E-state index contributed by atoms with van der Waals surface area (Å²) in [7, 11) is 0. The van der Waals surface area contributed by atoms with Crippen LogP contribution in [-0.4, -0.2) is 32.4 Å². The van der Waals surface area contributed by atoms with Crippen molar-refractivity contribution < 1.29 is 14.6 Å². The van der Waals surface area contributed by atoms with Crippen LogP contribution in [0.5, 0.6) is 11.5 Å². The summed E-state index contributed by atoms with van der Waals surface area (Å²) in [5.74, 6) is 0.553. The molecule has 0 aliphatic carbocycles. The number of carbonyl (C=O) groups excluding carboxylic acids is 1. The molecule has 3 aromatic rings. The van der Waals surface area contributed by atoms with Crippen molar-refractivity contribution in [2.45, 2.75) is 33.1 Å². The molecule has 0 fully saturated rings. The minimum atomic E-state index is -0.355. The number of aromatic hydroxyl groups is 1. The third-order valence-corrected chi connectivity index (χ3v) is 4.65. The Kier molecular flexibility index (Phi) is 5.93. The van der Waals surface area contributed by atoms with Gasteiger partial charge in [0.1, 0.15) is 24.2 Å². The van der Waals surface area contributed by atoms with Gasteiger partial charge >= 0.3 is 0 Å². The quantitative estimate of drug-likeness (QED) is 0.609. The molecule has 0 saturated heterocycles. The van der Waals surface area contributed by atoms with Crippen LogP contribution in [-0.2, 0) is 4.79 Å².